The molecule has 0 unspecified atom stereocenters. The summed E-state index contributed by atoms with van der Waals surface area (Å²) in [6.45, 7) is 2.27. The average Bonchev–Trinajstić information content (AvgIpc) is 3.33. The lowest BCUT2D eigenvalue weighted by Crippen LogP contribution is -2.26. The predicted octanol–water partition coefficient (Wildman–Crippen LogP) is 3.89. The molecule has 6 nitrogen and oxygen atoms in total. The molecule has 0 fully saturated rings. The first-order valence-corrected chi connectivity index (χ1v) is 10.7. The molecule has 30 heavy (non-hydrogen) atoms. The van der Waals surface area contributed by atoms with E-state index in [1.54, 1.807) is 12.4 Å². The Labute approximate surface area is 179 Å². The quantitative estimate of drug-likeness (QED) is 0.607. The van der Waals surface area contributed by atoms with Gasteiger partial charge in [-0.25, -0.2) is 0 Å². The van der Waals surface area contributed by atoms with Gasteiger partial charge in [0.1, 0.15) is 10.8 Å². The third-order valence-electron chi connectivity index (χ3n) is 4.97. The summed E-state index contributed by atoms with van der Waals surface area (Å²) in [4.78, 5) is 30.7. The van der Waals surface area contributed by atoms with Crippen molar-refractivity contribution in [3.8, 4) is 5.75 Å². The predicted molar refractivity (Wildman–Crippen MR) is 117 cm³/mol. The molecule has 3 aromatic rings. The van der Waals surface area contributed by atoms with E-state index in [9.17, 15) is 9.59 Å². The number of amides is 2. The molecule has 0 radical (unpaired) electrons. The van der Waals surface area contributed by atoms with Gasteiger partial charge in [0.15, 0.2) is 6.61 Å². The van der Waals surface area contributed by atoms with E-state index in [0.717, 1.165) is 36.0 Å². The van der Waals surface area contributed by atoms with Crippen molar-refractivity contribution in [1.82, 2.24) is 10.3 Å². The lowest BCUT2D eigenvalue weighted by molar-refractivity contribution is -0.118. The maximum absolute atomic E-state index is 12.9. The second-order valence-corrected chi connectivity index (χ2v) is 8.36. The van der Waals surface area contributed by atoms with Crippen LogP contribution in [-0.4, -0.2) is 23.4 Å². The summed E-state index contributed by atoms with van der Waals surface area (Å²) in [5.41, 5.74) is 3.69. The summed E-state index contributed by atoms with van der Waals surface area (Å²) >= 11 is 1.49. The van der Waals surface area contributed by atoms with Crippen molar-refractivity contribution in [1.29, 1.82) is 0 Å². The van der Waals surface area contributed by atoms with Gasteiger partial charge in [-0.15, -0.1) is 11.3 Å². The standard InChI is InChI=1S/C23H23N3O3S/c1-15-7-9-17(10-8-15)29-14-20(27)26-23-21(18-5-2-6-19(18)30-23)22(28)25-13-16-4-3-11-24-12-16/h3-4,7-12H,2,5-6,13-14H2,1H3,(H,25,28)(H,26,27). The summed E-state index contributed by atoms with van der Waals surface area (Å²) < 4.78 is 5.56. The van der Waals surface area contributed by atoms with Crippen molar-refractivity contribution in [3.05, 3.63) is 75.9 Å². The second-order valence-electron chi connectivity index (χ2n) is 7.26. The fourth-order valence-corrected chi connectivity index (χ4v) is 4.75. The number of pyridine rings is 1. The van der Waals surface area contributed by atoms with Gasteiger partial charge in [-0.3, -0.25) is 14.6 Å². The van der Waals surface area contributed by atoms with Gasteiger partial charge in [0.05, 0.1) is 5.56 Å². The van der Waals surface area contributed by atoms with Crippen LogP contribution in [0.2, 0.25) is 0 Å². The molecule has 2 N–H and O–H groups in total. The zero-order valence-electron chi connectivity index (χ0n) is 16.7. The Morgan fingerprint density at radius 2 is 2.00 bits per heavy atom. The monoisotopic (exact) mass is 421 g/mol. The number of anilines is 1. The Balaban J connectivity index is 1.43. The lowest BCUT2D eigenvalue weighted by atomic mass is 10.1. The number of nitrogens with zero attached hydrogens (tertiary/aromatic N) is 1. The van der Waals surface area contributed by atoms with Crippen LogP contribution in [0.5, 0.6) is 5.75 Å². The second kappa shape index (κ2) is 9.09. The van der Waals surface area contributed by atoms with Gasteiger partial charge >= 0.3 is 0 Å². The number of hydrogen-bond acceptors (Lipinski definition) is 5. The van der Waals surface area contributed by atoms with Gasteiger partial charge in [-0.05, 0) is 55.5 Å². The zero-order chi connectivity index (χ0) is 20.9. The summed E-state index contributed by atoms with van der Waals surface area (Å²) in [5.74, 6) is 0.184. The molecular formula is C23H23N3O3S. The minimum Gasteiger partial charge on any atom is -0.484 e. The van der Waals surface area contributed by atoms with Crippen LogP contribution in [0.1, 0.15) is 38.3 Å². The number of aryl methyl sites for hydroxylation is 2. The highest BCUT2D eigenvalue weighted by Crippen LogP contribution is 2.39. The number of aromatic nitrogens is 1. The van der Waals surface area contributed by atoms with E-state index >= 15 is 0 Å². The van der Waals surface area contributed by atoms with Crippen molar-refractivity contribution < 1.29 is 14.3 Å². The summed E-state index contributed by atoms with van der Waals surface area (Å²) in [7, 11) is 0. The Hall–Kier alpha value is -3.19. The van der Waals surface area contributed by atoms with E-state index in [-0.39, 0.29) is 18.4 Å². The van der Waals surface area contributed by atoms with E-state index in [1.807, 2.05) is 43.3 Å². The van der Waals surface area contributed by atoms with Gasteiger partial charge in [0, 0.05) is 23.8 Å². The largest absolute Gasteiger partial charge is 0.484 e. The normalized spacial score (nSPS) is 12.3. The van der Waals surface area contributed by atoms with Gasteiger partial charge in [0.25, 0.3) is 11.8 Å². The van der Waals surface area contributed by atoms with Crippen LogP contribution >= 0.6 is 11.3 Å². The number of ether oxygens (including phenoxy) is 1. The van der Waals surface area contributed by atoms with E-state index in [4.69, 9.17) is 4.74 Å². The highest BCUT2D eigenvalue weighted by molar-refractivity contribution is 7.17. The molecule has 0 spiro atoms. The molecule has 154 valence electrons. The molecule has 0 bridgehead atoms. The molecule has 1 aliphatic carbocycles. The summed E-state index contributed by atoms with van der Waals surface area (Å²) in [6.07, 6.45) is 6.26. The number of carbonyl (C=O) groups is 2. The summed E-state index contributed by atoms with van der Waals surface area (Å²) in [6, 6.07) is 11.3. The molecule has 7 heteroatoms. The van der Waals surface area contributed by atoms with E-state index in [2.05, 4.69) is 15.6 Å². The first-order valence-electron chi connectivity index (χ1n) is 9.91. The molecule has 2 heterocycles. The number of carbonyl (C=O) groups excluding carboxylic acids is 2. The van der Waals surface area contributed by atoms with E-state index in [1.165, 1.54) is 16.2 Å². The molecule has 2 amide bonds. The van der Waals surface area contributed by atoms with Crippen molar-refractivity contribution in [3.63, 3.8) is 0 Å². The van der Waals surface area contributed by atoms with Crippen molar-refractivity contribution in [2.24, 2.45) is 0 Å². The van der Waals surface area contributed by atoms with Crippen LogP contribution in [0.3, 0.4) is 0 Å². The van der Waals surface area contributed by atoms with Gasteiger partial charge in [0.2, 0.25) is 0 Å². The number of rotatable bonds is 7. The highest BCUT2D eigenvalue weighted by atomic mass is 32.1. The first-order chi connectivity index (χ1) is 14.6. The number of hydrogen-bond donors (Lipinski definition) is 2. The number of benzene rings is 1. The SMILES string of the molecule is Cc1ccc(OCC(=O)Nc2sc3c(c2C(=O)NCc2cccnc2)CCC3)cc1. The van der Waals surface area contributed by atoms with Gasteiger partial charge < -0.3 is 15.4 Å². The maximum Gasteiger partial charge on any atom is 0.262 e. The molecule has 0 atom stereocenters. The molecule has 0 saturated heterocycles. The number of fused-ring (bicyclic) bond motifs is 1. The molecule has 0 saturated carbocycles. The van der Waals surface area contributed by atoms with Crippen LogP contribution < -0.4 is 15.4 Å². The fraction of sp³-hybridized carbons (Fsp3) is 0.261. The van der Waals surface area contributed by atoms with Crippen molar-refractivity contribution >= 4 is 28.2 Å². The Morgan fingerprint density at radius 1 is 1.17 bits per heavy atom. The maximum atomic E-state index is 12.9. The molecule has 4 rings (SSSR count). The molecule has 1 aliphatic rings. The van der Waals surface area contributed by atoms with Crippen LogP contribution in [0.4, 0.5) is 5.00 Å². The Kier molecular flexibility index (Phi) is 6.09. The fourth-order valence-electron chi connectivity index (χ4n) is 3.45. The average molecular weight is 422 g/mol. The third kappa shape index (κ3) is 4.68. The third-order valence-corrected chi connectivity index (χ3v) is 6.18. The highest BCUT2D eigenvalue weighted by Gasteiger charge is 2.27. The van der Waals surface area contributed by atoms with E-state index < -0.39 is 0 Å². The summed E-state index contributed by atoms with van der Waals surface area (Å²) in [5, 5.41) is 6.43. The lowest BCUT2D eigenvalue weighted by Gasteiger charge is -2.10. The Morgan fingerprint density at radius 3 is 2.77 bits per heavy atom. The minimum atomic E-state index is -0.281. The smallest absolute Gasteiger partial charge is 0.262 e. The molecule has 2 aromatic heterocycles. The van der Waals surface area contributed by atoms with Crippen molar-refractivity contribution in [2.45, 2.75) is 32.7 Å². The molecule has 0 aliphatic heterocycles. The van der Waals surface area contributed by atoms with Gasteiger partial charge in [-0.2, -0.15) is 0 Å². The van der Waals surface area contributed by atoms with Crippen LogP contribution in [-0.2, 0) is 24.2 Å². The zero-order valence-corrected chi connectivity index (χ0v) is 17.6. The minimum absolute atomic E-state index is 0.109. The van der Waals surface area contributed by atoms with Crippen LogP contribution in [0.25, 0.3) is 0 Å². The molecular weight excluding hydrogens is 398 g/mol. The van der Waals surface area contributed by atoms with Gasteiger partial charge in [-0.1, -0.05) is 23.8 Å². The van der Waals surface area contributed by atoms with Crippen molar-refractivity contribution in [2.75, 3.05) is 11.9 Å². The number of thiophene rings is 1. The van der Waals surface area contributed by atoms with Crippen LogP contribution in [0.15, 0.2) is 48.8 Å². The molecule has 1 aromatic carbocycles. The Bertz CT molecular complexity index is 1050. The first kappa shape index (κ1) is 20.1. The van der Waals surface area contributed by atoms with Crippen LogP contribution in [0, 0.1) is 6.92 Å². The number of nitrogens with one attached hydrogen (secondary N) is 2. The van der Waals surface area contributed by atoms with E-state index in [0.29, 0.717) is 22.9 Å². The topological polar surface area (TPSA) is 80.3 Å².